The fourth-order valence-corrected chi connectivity index (χ4v) is 2.65. The van der Waals surface area contributed by atoms with Crippen molar-refractivity contribution in [3.8, 4) is 0 Å². The van der Waals surface area contributed by atoms with Crippen LogP contribution in [0.1, 0.15) is 52.4 Å². The largest absolute Gasteiger partial charge is 0.481 e. The molecule has 1 fully saturated rings. The Labute approximate surface area is 110 Å². The molecule has 0 spiro atoms. The summed E-state index contributed by atoms with van der Waals surface area (Å²) in [5, 5.41) is 18.5. The Hall–Kier alpha value is -0.610. The van der Waals surface area contributed by atoms with E-state index in [0.29, 0.717) is 18.5 Å². The fraction of sp³-hybridized carbons (Fsp3) is 0.929. The molecule has 2 N–H and O–H groups in total. The first-order chi connectivity index (χ1) is 8.49. The van der Waals surface area contributed by atoms with Gasteiger partial charge in [0.25, 0.3) is 0 Å². The van der Waals surface area contributed by atoms with Crippen molar-refractivity contribution in [1.29, 1.82) is 0 Å². The fourth-order valence-electron chi connectivity index (χ4n) is 2.65. The minimum Gasteiger partial charge on any atom is -0.481 e. The third-order valence-corrected chi connectivity index (χ3v) is 3.69. The molecule has 0 bridgehead atoms. The lowest BCUT2D eigenvalue weighted by molar-refractivity contribution is -0.139. The summed E-state index contributed by atoms with van der Waals surface area (Å²) in [6.45, 7) is 5.86. The second-order valence-electron chi connectivity index (χ2n) is 5.87. The van der Waals surface area contributed by atoms with Crippen molar-refractivity contribution in [2.45, 2.75) is 64.5 Å². The van der Waals surface area contributed by atoms with E-state index in [4.69, 9.17) is 5.11 Å². The summed E-state index contributed by atoms with van der Waals surface area (Å²) in [5.74, 6) is -0.275. The van der Waals surface area contributed by atoms with Gasteiger partial charge in [0.15, 0.2) is 0 Å². The molecule has 1 saturated carbocycles. The standard InChI is InChI=1S/C14H27NO3/c1-11(2)7-8-15(12-5-3-4-6-12)10-13(16)9-14(17)18/h11-13,16H,3-10H2,1-2H3,(H,17,18). The second-order valence-corrected chi connectivity index (χ2v) is 5.87. The van der Waals surface area contributed by atoms with Gasteiger partial charge in [0.05, 0.1) is 12.5 Å². The molecule has 0 amide bonds. The Balaban J connectivity index is 2.45. The summed E-state index contributed by atoms with van der Waals surface area (Å²) in [5.41, 5.74) is 0. The molecular formula is C14H27NO3. The smallest absolute Gasteiger partial charge is 0.306 e. The molecule has 1 aliphatic rings. The van der Waals surface area contributed by atoms with E-state index in [1.165, 1.54) is 25.7 Å². The Morgan fingerprint density at radius 3 is 2.44 bits per heavy atom. The molecule has 0 radical (unpaired) electrons. The first-order valence-corrected chi connectivity index (χ1v) is 7.13. The van der Waals surface area contributed by atoms with E-state index < -0.39 is 12.1 Å². The van der Waals surface area contributed by atoms with Crippen molar-refractivity contribution < 1.29 is 15.0 Å². The monoisotopic (exact) mass is 257 g/mol. The van der Waals surface area contributed by atoms with Gasteiger partial charge < -0.3 is 10.2 Å². The Kier molecular flexibility index (Phi) is 6.65. The predicted molar refractivity (Wildman–Crippen MR) is 71.5 cm³/mol. The van der Waals surface area contributed by atoms with Gasteiger partial charge in [0.2, 0.25) is 0 Å². The molecule has 106 valence electrons. The van der Waals surface area contributed by atoms with Crippen LogP contribution in [0.4, 0.5) is 0 Å². The molecule has 0 aromatic rings. The Morgan fingerprint density at radius 2 is 1.94 bits per heavy atom. The van der Waals surface area contributed by atoms with Crippen LogP contribution in [0.15, 0.2) is 0 Å². The number of hydrogen-bond acceptors (Lipinski definition) is 3. The van der Waals surface area contributed by atoms with Gasteiger partial charge in [-0.3, -0.25) is 9.69 Å². The number of rotatable bonds is 8. The lowest BCUT2D eigenvalue weighted by atomic mass is 10.1. The van der Waals surface area contributed by atoms with Gasteiger partial charge >= 0.3 is 5.97 Å². The van der Waals surface area contributed by atoms with Gasteiger partial charge in [-0.15, -0.1) is 0 Å². The van der Waals surface area contributed by atoms with Crippen LogP contribution in [0.2, 0.25) is 0 Å². The van der Waals surface area contributed by atoms with Crippen molar-refractivity contribution in [3.05, 3.63) is 0 Å². The van der Waals surface area contributed by atoms with Crippen molar-refractivity contribution in [3.63, 3.8) is 0 Å². The first kappa shape index (κ1) is 15.4. The number of carboxylic acid groups (broad SMARTS) is 1. The summed E-state index contributed by atoms with van der Waals surface area (Å²) < 4.78 is 0. The zero-order chi connectivity index (χ0) is 13.5. The highest BCUT2D eigenvalue weighted by molar-refractivity contribution is 5.67. The van der Waals surface area contributed by atoms with Crippen LogP contribution in [-0.2, 0) is 4.79 Å². The predicted octanol–water partition coefficient (Wildman–Crippen LogP) is 2.11. The summed E-state index contributed by atoms with van der Waals surface area (Å²) in [7, 11) is 0. The lowest BCUT2D eigenvalue weighted by Gasteiger charge is -2.31. The summed E-state index contributed by atoms with van der Waals surface area (Å²) in [6, 6.07) is 0.548. The van der Waals surface area contributed by atoms with Crippen LogP contribution < -0.4 is 0 Å². The van der Waals surface area contributed by atoms with Crippen molar-refractivity contribution in [2.75, 3.05) is 13.1 Å². The van der Waals surface area contributed by atoms with E-state index in [1.54, 1.807) is 0 Å². The Morgan fingerprint density at radius 1 is 1.33 bits per heavy atom. The van der Waals surface area contributed by atoms with E-state index in [-0.39, 0.29) is 6.42 Å². The van der Waals surface area contributed by atoms with Crippen LogP contribution >= 0.6 is 0 Å². The second kappa shape index (κ2) is 7.74. The molecule has 4 heteroatoms. The number of carboxylic acids is 1. The first-order valence-electron chi connectivity index (χ1n) is 7.13. The Bertz CT molecular complexity index is 249. The van der Waals surface area contributed by atoms with Gasteiger partial charge in [-0.2, -0.15) is 0 Å². The topological polar surface area (TPSA) is 60.8 Å². The van der Waals surface area contributed by atoms with Gasteiger partial charge in [0.1, 0.15) is 0 Å². The molecule has 0 saturated heterocycles. The quantitative estimate of drug-likeness (QED) is 0.699. The van der Waals surface area contributed by atoms with Crippen LogP contribution in [0.5, 0.6) is 0 Å². The minimum absolute atomic E-state index is 0.148. The maximum Gasteiger partial charge on any atom is 0.306 e. The zero-order valence-corrected chi connectivity index (χ0v) is 11.6. The highest BCUT2D eigenvalue weighted by Gasteiger charge is 2.25. The maximum absolute atomic E-state index is 10.6. The van der Waals surface area contributed by atoms with E-state index in [1.807, 2.05) is 0 Å². The number of carbonyl (C=O) groups is 1. The van der Waals surface area contributed by atoms with Gasteiger partial charge in [0, 0.05) is 12.6 Å². The highest BCUT2D eigenvalue weighted by Crippen LogP contribution is 2.24. The number of hydrogen-bond donors (Lipinski definition) is 2. The third-order valence-electron chi connectivity index (χ3n) is 3.69. The van der Waals surface area contributed by atoms with Gasteiger partial charge in [-0.25, -0.2) is 0 Å². The average Bonchev–Trinajstić information content (AvgIpc) is 2.75. The molecule has 1 unspecified atom stereocenters. The molecule has 1 aliphatic carbocycles. The number of aliphatic hydroxyl groups is 1. The highest BCUT2D eigenvalue weighted by atomic mass is 16.4. The van der Waals surface area contributed by atoms with E-state index in [0.717, 1.165) is 13.0 Å². The number of aliphatic hydroxyl groups excluding tert-OH is 1. The molecule has 0 aliphatic heterocycles. The normalized spacial score (nSPS) is 18.7. The SMILES string of the molecule is CC(C)CCN(CC(O)CC(=O)O)C1CCCC1. The molecular weight excluding hydrogens is 230 g/mol. The van der Waals surface area contributed by atoms with Crippen molar-refractivity contribution in [1.82, 2.24) is 4.90 Å². The molecule has 0 heterocycles. The average molecular weight is 257 g/mol. The van der Waals surface area contributed by atoms with Gasteiger partial charge in [-0.1, -0.05) is 26.7 Å². The van der Waals surface area contributed by atoms with E-state index in [9.17, 15) is 9.90 Å². The van der Waals surface area contributed by atoms with Crippen LogP contribution in [-0.4, -0.2) is 46.3 Å². The number of nitrogens with zero attached hydrogens (tertiary/aromatic N) is 1. The molecule has 1 rings (SSSR count). The lowest BCUT2D eigenvalue weighted by Crippen LogP contribution is -2.40. The zero-order valence-electron chi connectivity index (χ0n) is 11.6. The van der Waals surface area contributed by atoms with Crippen LogP contribution in [0.25, 0.3) is 0 Å². The third kappa shape index (κ3) is 5.83. The molecule has 0 aromatic heterocycles. The van der Waals surface area contributed by atoms with Gasteiger partial charge in [-0.05, 0) is 31.7 Å². The summed E-state index contributed by atoms with van der Waals surface area (Å²) in [4.78, 5) is 12.9. The summed E-state index contributed by atoms with van der Waals surface area (Å²) in [6.07, 6.45) is 5.13. The maximum atomic E-state index is 10.6. The summed E-state index contributed by atoms with van der Waals surface area (Å²) >= 11 is 0. The molecule has 18 heavy (non-hydrogen) atoms. The molecule has 4 nitrogen and oxygen atoms in total. The number of aliphatic carboxylic acids is 1. The van der Waals surface area contributed by atoms with E-state index in [2.05, 4.69) is 18.7 Å². The van der Waals surface area contributed by atoms with Crippen molar-refractivity contribution in [2.24, 2.45) is 5.92 Å². The molecule has 0 aromatic carbocycles. The van der Waals surface area contributed by atoms with Crippen molar-refractivity contribution >= 4 is 5.97 Å². The molecule has 1 atom stereocenters. The van der Waals surface area contributed by atoms with Crippen LogP contribution in [0, 0.1) is 5.92 Å². The minimum atomic E-state index is -0.919. The van der Waals surface area contributed by atoms with Crippen LogP contribution in [0.3, 0.4) is 0 Å². The van der Waals surface area contributed by atoms with E-state index >= 15 is 0 Å².